The Hall–Kier alpha value is -0.260. The van der Waals surface area contributed by atoms with Crippen LogP contribution in [0.3, 0.4) is 0 Å². The van der Waals surface area contributed by atoms with Crippen LogP contribution in [-0.4, -0.2) is 20.8 Å². The first kappa shape index (κ1) is 19.7. The van der Waals surface area contributed by atoms with Gasteiger partial charge in [-0.05, 0) is 40.5 Å². The molecule has 1 unspecified atom stereocenters. The summed E-state index contributed by atoms with van der Waals surface area (Å²) in [7, 11) is -9.86. The van der Waals surface area contributed by atoms with Gasteiger partial charge in [0, 0.05) is 0 Å². The molecular formula is C11H22O7P2. The van der Waals surface area contributed by atoms with Crippen LogP contribution in [0.25, 0.3) is 0 Å². The van der Waals surface area contributed by atoms with Gasteiger partial charge in [0.1, 0.15) is 0 Å². The van der Waals surface area contributed by atoms with E-state index in [1.165, 1.54) is 12.5 Å². The van der Waals surface area contributed by atoms with Crippen LogP contribution in [0, 0.1) is 0 Å². The van der Waals surface area contributed by atoms with Crippen molar-refractivity contribution in [3.05, 3.63) is 23.3 Å². The fourth-order valence-corrected chi connectivity index (χ4v) is 3.18. The van der Waals surface area contributed by atoms with Crippen molar-refractivity contribution in [2.75, 3.05) is 0 Å². The predicted octanol–water partition coefficient (Wildman–Crippen LogP) is 3.29. The number of phosphoric ester groups is 1. The molecule has 0 saturated carbocycles. The van der Waals surface area contributed by atoms with Crippen molar-refractivity contribution >= 4 is 15.6 Å². The zero-order valence-corrected chi connectivity index (χ0v) is 13.8. The van der Waals surface area contributed by atoms with E-state index in [0.717, 1.165) is 18.4 Å². The van der Waals surface area contributed by atoms with Gasteiger partial charge in [-0.1, -0.05) is 23.3 Å². The van der Waals surface area contributed by atoms with Gasteiger partial charge in [0.2, 0.25) is 0 Å². The lowest BCUT2D eigenvalue weighted by molar-refractivity contribution is 0.158. The van der Waals surface area contributed by atoms with Gasteiger partial charge in [-0.25, -0.2) is 9.13 Å². The maximum absolute atomic E-state index is 11.3. The first-order chi connectivity index (χ1) is 8.91. The normalized spacial score (nSPS) is 17.4. The van der Waals surface area contributed by atoms with Crippen LogP contribution in [0.5, 0.6) is 0 Å². The molecule has 20 heavy (non-hydrogen) atoms. The summed E-state index contributed by atoms with van der Waals surface area (Å²) in [6.07, 6.45) is 4.46. The maximum atomic E-state index is 11.3. The van der Waals surface area contributed by atoms with Crippen molar-refractivity contribution in [1.29, 1.82) is 0 Å². The van der Waals surface area contributed by atoms with Crippen LogP contribution in [0.15, 0.2) is 23.3 Å². The molecule has 0 aromatic carbocycles. The second-order valence-corrected chi connectivity index (χ2v) is 7.47. The summed E-state index contributed by atoms with van der Waals surface area (Å²) in [4.78, 5) is 26.1. The van der Waals surface area contributed by atoms with E-state index in [2.05, 4.69) is 14.9 Å². The Morgan fingerprint density at radius 3 is 2.20 bits per heavy atom. The lowest BCUT2D eigenvalue weighted by Crippen LogP contribution is -2.05. The number of hydrogen-bond donors (Lipinski definition) is 3. The van der Waals surface area contributed by atoms with Crippen molar-refractivity contribution in [3.63, 3.8) is 0 Å². The molecule has 0 spiro atoms. The summed E-state index contributed by atoms with van der Waals surface area (Å²) in [6.45, 7) is 7.31. The summed E-state index contributed by atoms with van der Waals surface area (Å²) in [5.74, 6) is 0. The SMILES string of the molecule is CC(C)=CCC/C(C)=C/[C@H](C)OP(=O)(O)OP(=O)(O)O. The van der Waals surface area contributed by atoms with Crippen LogP contribution < -0.4 is 0 Å². The largest absolute Gasteiger partial charge is 0.481 e. The standard InChI is InChI=1S/C11H22O7P2/c1-9(2)6-5-7-10(3)8-11(4)17-20(15,16)18-19(12,13)14/h6,8,11H,5,7H2,1-4H3,(H,15,16)(H2,12,13,14)/b10-8+/t11-/m0/s1. The van der Waals surface area contributed by atoms with Gasteiger partial charge in [-0.3, -0.25) is 4.52 Å². The average molecular weight is 328 g/mol. The highest BCUT2D eigenvalue weighted by Crippen LogP contribution is 2.58. The average Bonchev–Trinajstić information content (AvgIpc) is 2.10. The molecule has 0 heterocycles. The molecule has 0 bridgehead atoms. The molecule has 3 N–H and O–H groups in total. The minimum atomic E-state index is -5.07. The zero-order chi connectivity index (χ0) is 16.0. The van der Waals surface area contributed by atoms with Gasteiger partial charge < -0.3 is 14.7 Å². The number of rotatable bonds is 8. The lowest BCUT2D eigenvalue weighted by Gasteiger charge is -2.15. The molecule has 0 aromatic heterocycles. The Morgan fingerprint density at radius 1 is 1.20 bits per heavy atom. The number of allylic oxidation sites excluding steroid dienone is 3. The molecule has 0 aliphatic heterocycles. The molecule has 2 atom stereocenters. The highest BCUT2D eigenvalue weighted by molar-refractivity contribution is 7.60. The zero-order valence-electron chi connectivity index (χ0n) is 12.0. The maximum Gasteiger partial charge on any atom is 0.481 e. The second kappa shape index (κ2) is 8.25. The molecule has 7 nitrogen and oxygen atoms in total. The summed E-state index contributed by atoms with van der Waals surface area (Å²) in [5.41, 5.74) is 2.14. The summed E-state index contributed by atoms with van der Waals surface area (Å²) in [5, 5.41) is 0. The van der Waals surface area contributed by atoms with Crippen molar-refractivity contribution in [3.8, 4) is 0 Å². The smallest absolute Gasteiger partial charge is 0.302 e. The van der Waals surface area contributed by atoms with Crippen molar-refractivity contribution in [2.24, 2.45) is 0 Å². The molecule has 0 radical (unpaired) electrons. The molecule has 0 amide bonds. The molecule has 0 aliphatic rings. The molecule has 0 fully saturated rings. The summed E-state index contributed by atoms with van der Waals surface area (Å²) < 4.78 is 30.1. The highest BCUT2D eigenvalue weighted by atomic mass is 31.3. The fraction of sp³-hybridized carbons (Fsp3) is 0.636. The van der Waals surface area contributed by atoms with Crippen LogP contribution in [0.1, 0.15) is 40.5 Å². The summed E-state index contributed by atoms with van der Waals surface area (Å²) in [6, 6.07) is 0. The van der Waals surface area contributed by atoms with Crippen LogP contribution in [0.2, 0.25) is 0 Å². The number of hydrogen-bond acceptors (Lipinski definition) is 4. The van der Waals surface area contributed by atoms with Crippen LogP contribution in [0.4, 0.5) is 0 Å². The van der Waals surface area contributed by atoms with Gasteiger partial charge in [-0.2, -0.15) is 4.31 Å². The Labute approximate surface area is 119 Å². The minimum Gasteiger partial charge on any atom is -0.302 e. The third kappa shape index (κ3) is 11.6. The van der Waals surface area contributed by atoms with E-state index in [-0.39, 0.29) is 0 Å². The molecule has 0 aromatic rings. The highest BCUT2D eigenvalue weighted by Gasteiger charge is 2.33. The Bertz CT molecular complexity index is 459. The van der Waals surface area contributed by atoms with Gasteiger partial charge in [-0.15, -0.1) is 0 Å². The van der Waals surface area contributed by atoms with E-state index in [1.54, 1.807) is 6.08 Å². The van der Waals surface area contributed by atoms with E-state index in [4.69, 9.17) is 14.7 Å². The van der Waals surface area contributed by atoms with E-state index < -0.39 is 21.7 Å². The lowest BCUT2D eigenvalue weighted by atomic mass is 10.1. The predicted molar refractivity (Wildman–Crippen MR) is 75.9 cm³/mol. The Morgan fingerprint density at radius 2 is 1.75 bits per heavy atom. The quantitative estimate of drug-likeness (QED) is 0.463. The van der Waals surface area contributed by atoms with Gasteiger partial charge in [0.25, 0.3) is 0 Å². The molecular weight excluding hydrogens is 306 g/mol. The van der Waals surface area contributed by atoms with Crippen molar-refractivity contribution in [2.45, 2.75) is 46.6 Å². The number of phosphoric acid groups is 2. The molecule has 0 rings (SSSR count). The molecule has 9 heteroatoms. The topological polar surface area (TPSA) is 113 Å². The van der Waals surface area contributed by atoms with Crippen molar-refractivity contribution in [1.82, 2.24) is 0 Å². The van der Waals surface area contributed by atoms with Crippen LogP contribution in [-0.2, 0) is 18.0 Å². The van der Waals surface area contributed by atoms with E-state index in [9.17, 15) is 9.13 Å². The van der Waals surface area contributed by atoms with E-state index in [0.29, 0.717) is 0 Å². The second-order valence-electron chi connectivity index (χ2n) is 4.68. The monoisotopic (exact) mass is 328 g/mol. The van der Waals surface area contributed by atoms with Crippen LogP contribution >= 0.6 is 15.6 Å². The first-order valence-electron chi connectivity index (χ1n) is 6.00. The molecule has 0 saturated heterocycles. The Balaban J connectivity index is 4.46. The minimum absolute atomic E-state index is 0.758. The first-order valence-corrected chi connectivity index (χ1v) is 9.02. The van der Waals surface area contributed by atoms with Gasteiger partial charge in [0.15, 0.2) is 0 Å². The van der Waals surface area contributed by atoms with E-state index in [1.807, 2.05) is 20.8 Å². The van der Waals surface area contributed by atoms with E-state index >= 15 is 0 Å². The third-order valence-corrected chi connectivity index (χ3v) is 4.39. The molecule has 118 valence electrons. The van der Waals surface area contributed by atoms with Crippen molar-refractivity contribution < 1.29 is 32.6 Å². The van der Waals surface area contributed by atoms with Gasteiger partial charge >= 0.3 is 15.6 Å². The summed E-state index contributed by atoms with van der Waals surface area (Å²) >= 11 is 0. The molecule has 0 aliphatic carbocycles. The third-order valence-electron chi connectivity index (χ3n) is 2.12. The van der Waals surface area contributed by atoms with Gasteiger partial charge in [0.05, 0.1) is 6.10 Å². The Kier molecular flexibility index (Phi) is 8.14. The fourth-order valence-electron chi connectivity index (χ4n) is 1.47.